The van der Waals surface area contributed by atoms with Crippen LogP contribution in [0.4, 0.5) is 0 Å². The van der Waals surface area contributed by atoms with Crippen LogP contribution in [0.15, 0.2) is 18.3 Å². The van der Waals surface area contributed by atoms with E-state index in [4.69, 9.17) is 4.74 Å². The Hall–Kier alpha value is -0.890. The zero-order valence-corrected chi connectivity index (χ0v) is 9.45. The maximum atomic E-state index is 5.31. The van der Waals surface area contributed by atoms with Crippen LogP contribution in [0.2, 0.25) is 0 Å². The molecule has 14 heavy (non-hydrogen) atoms. The molecular weight excluding hydrogens is 174 g/mol. The molecule has 0 bridgehead atoms. The van der Waals surface area contributed by atoms with Gasteiger partial charge in [-0.2, -0.15) is 0 Å². The SMILES string of the molecule is CCC(C)c1cccnc1C(C)OC. The summed E-state index contributed by atoms with van der Waals surface area (Å²) in [4.78, 5) is 4.39. The monoisotopic (exact) mass is 193 g/mol. The van der Waals surface area contributed by atoms with Gasteiger partial charge in [-0.25, -0.2) is 0 Å². The van der Waals surface area contributed by atoms with Gasteiger partial charge < -0.3 is 4.74 Å². The number of pyridine rings is 1. The van der Waals surface area contributed by atoms with Crippen LogP contribution in [0.3, 0.4) is 0 Å². The van der Waals surface area contributed by atoms with Crippen LogP contribution >= 0.6 is 0 Å². The highest BCUT2D eigenvalue weighted by molar-refractivity contribution is 5.25. The summed E-state index contributed by atoms with van der Waals surface area (Å²) >= 11 is 0. The Balaban J connectivity index is 3.02. The van der Waals surface area contributed by atoms with Crippen LogP contribution in [-0.2, 0) is 4.74 Å². The third-order valence-electron chi connectivity index (χ3n) is 2.75. The molecule has 0 saturated heterocycles. The molecule has 1 heterocycles. The number of aromatic nitrogens is 1. The minimum absolute atomic E-state index is 0.0835. The second-order valence-electron chi connectivity index (χ2n) is 3.67. The quantitative estimate of drug-likeness (QED) is 0.732. The molecule has 1 rings (SSSR count). The van der Waals surface area contributed by atoms with Gasteiger partial charge in [0.15, 0.2) is 0 Å². The third kappa shape index (κ3) is 2.32. The molecule has 0 amide bonds. The fourth-order valence-electron chi connectivity index (χ4n) is 1.52. The maximum Gasteiger partial charge on any atom is 0.0965 e. The standard InChI is InChI=1S/C12H19NO/c1-5-9(2)11-7-6-8-13-12(11)10(3)14-4/h6-10H,5H2,1-4H3. The Morgan fingerprint density at radius 3 is 2.71 bits per heavy atom. The van der Waals surface area contributed by atoms with Crippen molar-refractivity contribution in [1.29, 1.82) is 0 Å². The third-order valence-corrected chi connectivity index (χ3v) is 2.75. The lowest BCUT2D eigenvalue weighted by atomic mass is 9.95. The normalized spacial score (nSPS) is 15.1. The number of hydrogen-bond acceptors (Lipinski definition) is 2. The van der Waals surface area contributed by atoms with Gasteiger partial charge in [-0.05, 0) is 30.9 Å². The molecule has 0 aliphatic rings. The van der Waals surface area contributed by atoms with E-state index in [0.717, 1.165) is 12.1 Å². The van der Waals surface area contributed by atoms with Gasteiger partial charge in [0.05, 0.1) is 11.8 Å². The van der Waals surface area contributed by atoms with E-state index in [0.29, 0.717) is 5.92 Å². The van der Waals surface area contributed by atoms with Crippen molar-refractivity contribution in [3.63, 3.8) is 0 Å². The van der Waals surface area contributed by atoms with Crippen LogP contribution in [-0.4, -0.2) is 12.1 Å². The van der Waals surface area contributed by atoms with Gasteiger partial charge in [-0.1, -0.05) is 19.9 Å². The van der Waals surface area contributed by atoms with Crippen molar-refractivity contribution in [2.24, 2.45) is 0 Å². The van der Waals surface area contributed by atoms with Crippen molar-refractivity contribution < 1.29 is 4.74 Å². The fourth-order valence-corrected chi connectivity index (χ4v) is 1.52. The maximum absolute atomic E-state index is 5.31. The van der Waals surface area contributed by atoms with Gasteiger partial charge in [0.2, 0.25) is 0 Å². The van der Waals surface area contributed by atoms with Crippen LogP contribution in [0, 0.1) is 0 Å². The molecule has 0 radical (unpaired) electrons. The zero-order valence-electron chi connectivity index (χ0n) is 9.45. The Labute approximate surface area is 86.3 Å². The molecule has 2 unspecified atom stereocenters. The van der Waals surface area contributed by atoms with E-state index in [9.17, 15) is 0 Å². The second kappa shape index (κ2) is 5.11. The molecule has 0 spiro atoms. The summed E-state index contributed by atoms with van der Waals surface area (Å²) in [5.74, 6) is 0.552. The van der Waals surface area contributed by atoms with Gasteiger partial charge >= 0.3 is 0 Å². The molecule has 0 fully saturated rings. The first kappa shape index (κ1) is 11.2. The van der Waals surface area contributed by atoms with Crippen molar-refractivity contribution in [3.05, 3.63) is 29.6 Å². The summed E-state index contributed by atoms with van der Waals surface area (Å²) in [6.07, 6.45) is 3.05. The first-order valence-electron chi connectivity index (χ1n) is 5.18. The number of nitrogens with zero attached hydrogens (tertiary/aromatic N) is 1. The number of methoxy groups -OCH3 is 1. The predicted octanol–water partition coefficient (Wildman–Crippen LogP) is 3.30. The predicted molar refractivity (Wildman–Crippen MR) is 58.4 cm³/mol. The summed E-state index contributed by atoms with van der Waals surface area (Å²) in [7, 11) is 1.72. The smallest absolute Gasteiger partial charge is 0.0965 e. The molecule has 1 aromatic rings. The molecule has 2 nitrogen and oxygen atoms in total. The van der Waals surface area contributed by atoms with E-state index in [1.54, 1.807) is 7.11 Å². The van der Waals surface area contributed by atoms with E-state index in [1.807, 2.05) is 19.2 Å². The molecule has 0 saturated carbocycles. The number of hydrogen-bond donors (Lipinski definition) is 0. The lowest BCUT2D eigenvalue weighted by molar-refractivity contribution is 0.115. The summed E-state index contributed by atoms with van der Waals surface area (Å²) < 4.78 is 5.31. The zero-order chi connectivity index (χ0) is 10.6. The van der Waals surface area contributed by atoms with E-state index in [2.05, 4.69) is 24.9 Å². The fraction of sp³-hybridized carbons (Fsp3) is 0.583. The Morgan fingerprint density at radius 1 is 1.43 bits per heavy atom. The molecule has 78 valence electrons. The van der Waals surface area contributed by atoms with E-state index >= 15 is 0 Å². The molecule has 2 atom stereocenters. The van der Waals surface area contributed by atoms with Crippen molar-refractivity contribution in [3.8, 4) is 0 Å². The van der Waals surface area contributed by atoms with Gasteiger partial charge in [-0.15, -0.1) is 0 Å². The first-order chi connectivity index (χ1) is 6.70. The van der Waals surface area contributed by atoms with Gasteiger partial charge in [0, 0.05) is 13.3 Å². The number of ether oxygens (including phenoxy) is 1. The minimum atomic E-state index is 0.0835. The topological polar surface area (TPSA) is 22.1 Å². The average Bonchev–Trinajstić information content (AvgIpc) is 2.27. The number of rotatable bonds is 4. The van der Waals surface area contributed by atoms with Crippen molar-refractivity contribution in [1.82, 2.24) is 4.98 Å². The summed E-state index contributed by atoms with van der Waals surface area (Å²) in [6.45, 7) is 6.45. The van der Waals surface area contributed by atoms with E-state index < -0.39 is 0 Å². The molecule has 2 heteroatoms. The van der Waals surface area contributed by atoms with Crippen LogP contribution in [0.5, 0.6) is 0 Å². The largest absolute Gasteiger partial charge is 0.375 e. The highest BCUT2D eigenvalue weighted by Gasteiger charge is 2.14. The van der Waals surface area contributed by atoms with Gasteiger partial charge in [0.1, 0.15) is 0 Å². The Kier molecular flexibility index (Phi) is 4.08. The summed E-state index contributed by atoms with van der Waals surface area (Å²) in [6, 6.07) is 4.14. The van der Waals surface area contributed by atoms with Crippen LogP contribution < -0.4 is 0 Å². The van der Waals surface area contributed by atoms with Crippen LogP contribution in [0.25, 0.3) is 0 Å². The molecule has 0 N–H and O–H groups in total. The van der Waals surface area contributed by atoms with Gasteiger partial charge in [-0.3, -0.25) is 4.98 Å². The molecule has 0 aliphatic heterocycles. The second-order valence-corrected chi connectivity index (χ2v) is 3.67. The summed E-state index contributed by atoms with van der Waals surface area (Å²) in [5, 5.41) is 0. The van der Waals surface area contributed by atoms with E-state index in [-0.39, 0.29) is 6.10 Å². The minimum Gasteiger partial charge on any atom is -0.375 e. The van der Waals surface area contributed by atoms with Crippen LogP contribution in [0.1, 0.15) is 50.5 Å². The average molecular weight is 193 g/mol. The van der Waals surface area contributed by atoms with Crippen molar-refractivity contribution in [2.75, 3.05) is 7.11 Å². The molecule has 0 aromatic carbocycles. The highest BCUT2D eigenvalue weighted by Crippen LogP contribution is 2.26. The Morgan fingerprint density at radius 2 is 2.14 bits per heavy atom. The van der Waals surface area contributed by atoms with Gasteiger partial charge in [0.25, 0.3) is 0 Å². The lowest BCUT2D eigenvalue weighted by Gasteiger charge is -2.17. The molecule has 1 aromatic heterocycles. The highest BCUT2D eigenvalue weighted by atomic mass is 16.5. The molecule has 0 aliphatic carbocycles. The van der Waals surface area contributed by atoms with Crippen molar-refractivity contribution >= 4 is 0 Å². The summed E-state index contributed by atoms with van der Waals surface area (Å²) in [5.41, 5.74) is 2.38. The molecular formula is C12H19NO. The van der Waals surface area contributed by atoms with Crippen molar-refractivity contribution in [2.45, 2.75) is 39.2 Å². The Bertz CT molecular complexity index is 256. The van der Waals surface area contributed by atoms with E-state index in [1.165, 1.54) is 5.56 Å². The first-order valence-corrected chi connectivity index (χ1v) is 5.18. The lowest BCUT2D eigenvalue weighted by Crippen LogP contribution is -2.06.